The lowest BCUT2D eigenvalue weighted by molar-refractivity contribution is 0.590. The Labute approximate surface area is 317 Å². The third-order valence-corrected chi connectivity index (χ3v) is 11.4. The summed E-state index contributed by atoms with van der Waals surface area (Å²) < 4.78 is 7.15. The topological polar surface area (TPSA) is 32.5 Å². The van der Waals surface area contributed by atoms with Gasteiger partial charge < -0.3 is 14.2 Å². The second-order valence-electron chi connectivity index (χ2n) is 16.9. The van der Waals surface area contributed by atoms with Crippen LogP contribution in [-0.4, -0.2) is 11.7 Å². The minimum Gasteiger partial charge on any atom is -0.468 e. The second-order valence-corrected chi connectivity index (χ2v) is 16.9. The van der Waals surface area contributed by atoms with Crippen LogP contribution in [0.3, 0.4) is 0 Å². The number of anilines is 6. The highest BCUT2D eigenvalue weighted by atomic mass is 16.3. The molecule has 0 aliphatic carbocycles. The van der Waals surface area contributed by atoms with Crippen LogP contribution in [-0.2, 0) is 10.8 Å². The highest BCUT2D eigenvalue weighted by Gasteiger charge is 2.47. The Kier molecular flexibility index (Phi) is 7.07. The molecule has 262 valence electrons. The Morgan fingerprint density at radius 3 is 1.94 bits per heavy atom. The summed E-state index contributed by atoms with van der Waals surface area (Å²) in [5.41, 5.74) is 15.8. The average molecular weight is 700 g/mol. The largest absolute Gasteiger partial charge is 0.468 e. The molecular formula is C49H42BN3O. The first-order valence-corrected chi connectivity index (χ1v) is 19.0. The molecule has 4 nitrogen and oxygen atoms in total. The van der Waals surface area contributed by atoms with Crippen LogP contribution in [0.2, 0.25) is 0 Å². The molecule has 5 heteroatoms. The van der Waals surface area contributed by atoms with Gasteiger partial charge in [-0.25, -0.2) is 0 Å². The Morgan fingerprint density at radius 1 is 0.537 bits per heavy atom. The number of rotatable bonds is 3. The summed E-state index contributed by atoms with van der Waals surface area (Å²) in [4.78, 5) is 9.86. The van der Waals surface area contributed by atoms with E-state index in [0.29, 0.717) is 0 Å². The van der Waals surface area contributed by atoms with Crippen LogP contribution < -0.4 is 26.4 Å². The number of benzene rings is 6. The van der Waals surface area contributed by atoms with Crippen LogP contribution in [0.1, 0.15) is 52.7 Å². The lowest BCUT2D eigenvalue weighted by Crippen LogP contribution is -2.61. The Morgan fingerprint density at radius 2 is 1.20 bits per heavy atom. The molecule has 0 saturated heterocycles. The Hall–Kier alpha value is -6.07. The zero-order valence-electron chi connectivity index (χ0n) is 31.7. The third kappa shape index (κ3) is 4.95. The summed E-state index contributed by atoms with van der Waals surface area (Å²) in [5.74, 6) is 0. The van der Waals surface area contributed by atoms with Crippen molar-refractivity contribution in [2.45, 2.75) is 52.4 Å². The van der Waals surface area contributed by atoms with E-state index in [2.05, 4.69) is 191 Å². The van der Waals surface area contributed by atoms with Crippen molar-refractivity contribution in [1.82, 2.24) is 4.98 Å². The lowest BCUT2D eigenvalue weighted by atomic mass is 9.35. The van der Waals surface area contributed by atoms with Crippen LogP contribution in [0.25, 0.3) is 32.9 Å². The van der Waals surface area contributed by atoms with Gasteiger partial charge in [-0.05, 0) is 85.8 Å². The van der Waals surface area contributed by atoms with E-state index in [0.717, 1.165) is 45.1 Å². The average Bonchev–Trinajstić information content (AvgIpc) is 3.56. The molecule has 6 aromatic carbocycles. The maximum Gasteiger partial charge on any atom is 0.297 e. The number of hydrogen-bond acceptors (Lipinski definition) is 4. The number of hydrogen-bond donors (Lipinski definition) is 0. The SMILES string of the molecule is CC(C)(C)c1ccc(-c2cccc(N3c4cncc5c4B(c4ccc6ccccc6c4N5c4ccccc4)c4oc5ccc(C(C)(C)C)cc5c43)c2)cc1. The highest BCUT2D eigenvalue weighted by molar-refractivity contribution is 7.00. The Bertz CT molecular complexity index is 2750. The predicted octanol–water partition coefficient (Wildman–Crippen LogP) is 11.3. The summed E-state index contributed by atoms with van der Waals surface area (Å²) in [5, 5.41) is 3.52. The summed E-state index contributed by atoms with van der Waals surface area (Å²) in [6.07, 6.45) is 4.10. The number of para-hydroxylation sites is 1. The number of nitrogens with zero attached hydrogens (tertiary/aromatic N) is 3. The van der Waals surface area contributed by atoms with Gasteiger partial charge in [0.2, 0.25) is 0 Å². The van der Waals surface area contributed by atoms with Crippen LogP contribution in [0.5, 0.6) is 0 Å². The zero-order valence-corrected chi connectivity index (χ0v) is 31.7. The standard InChI is InChI=1S/C49H42BN3O/c1-48(2,3)34-22-19-31(20-23-34)33-14-12-17-37(27-33)53-42-30-51-29-41-44(42)50(47-46(53)39-28-35(49(4,5)6)24-26-43(39)54-47)40-25-21-32-13-10-11-18-38(32)45(40)52(41)36-15-8-7-9-16-36/h7-30H,1-6H3. The third-order valence-electron chi connectivity index (χ3n) is 11.4. The van der Waals surface area contributed by atoms with E-state index < -0.39 is 0 Å². The van der Waals surface area contributed by atoms with Crippen LogP contribution in [0.4, 0.5) is 34.1 Å². The van der Waals surface area contributed by atoms with Crippen molar-refractivity contribution < 1.29 is 4.42 Å². The molecule has 0 fully saturated rings. The van der Waals surface area contributed by atoms with E-state index in [1.807, 2.05) is 6.20 Å². The minimum atomic E-state index is -0.137. The molecule has 0 unspecified atom stereocenters. The fourth-order valence-electron chi connectivity index (χ4n) is 8.62. The van der Waals surface area contributed by atoms with Crippen molar-refractivity contribution >= 4 is 79.2 Å². The molecule has 10 rings (SSSR count). The smallest absolute Gasteiger partial charge is 0.297 e. The van der Waals surface area contributed by atoms with Gasteiger partial charge in [0.25, 0.3) is 6.71 Å². The van der Waals surface area contributed by atoms with Crippen molar-refractivity contribution in [3.05, 3.63) is 157 Å². The first-order valence-electron chi connectivity index (χ1n) is 19.0. The van der Waals surface area contributed by atoms with Gasteiger partial charge in [-0.3, -0.25) is 4.98 Å². The molecule has 8 aromatic rings. The van der Waals surface area contributed by atoms with Crippen molar-refractivity contribution in [3.63, 3.8) is 0 Å². The van der Waals surface area contributed by atoms with Gasteiger partial charge in [-0.2, -0.15) is 0 Å². The van der Waals surface area contributed by atoms with Crippen molar-refractivity contribution in [2.75, 3.05) is 9.80 Å². The van der Waals surface area contributed by atoms with Gasteiger partial charge in [-0.1, -0.05) is 139 Å². The first kappa shape index (κ1) is 32.6. The quantitative estimate of drug-likeness (QED) is 0.172. The molecule has 0 N–H and O–H groups in total. The maximum atomic E-state index is 7.15. The molecule has 0 bridgehead atoms. The van der Waals surface area contributed by atoms with Crippen molar-refractivity contribution in [2.24, 2.45) is 0 Å². The van der Waals surface area contributed by atoms with E-state index in [9.17, 15) is 0 Å². The molecular weight excluding hydrogens is 657 g/mol. The molecule has 4 heterocycles. The molecule has 54 heavy (non-hydrogen) atoms. The molecule has 0 amide bonds. The van der Waals surface area contributed by atoms with E-state index in [1.54, 1.807) is 0 Å². The summed E-state index contributed by atoms with van der Waals surface area (Å²) in [7, 11) is 0. The van der Waals surface area contributed by atoms with E-state index in [1.165, 1.54) is 49.6 Å². The van der Waals surface area contributed by atoms with Crippen LogP contribution in [0.15, 0.2) is 150 Å². The van der Waals surface area contributed by atoms with Crippen LogP contribution in [0, 0.1) is 0 Å². The van der Waals surface area contributed by atoms with Gasteiger partial charge in [0, 0.05) is 27.8 Å². The molecule has 2 aliphatic heterocycles. The minimum absolute atomic E-state index is 0.0316. The molecule has 0 atom stereocenters. The Balaban J connectivity index is 1.27. The van der Waals surface area contributed by atoms with E-state index in [-0.39, 0.29) is 17.5 Å². The normalized spacial score (nSPS) is 13.6. The monoisotopic (exact) mass is 699 g/mol. The van der Waals surface area contributed by atoms with Crippen molar-refractivity contribution in [3.8, 4) is 11.1 Å². The number of fused-ring (bicyclic) bond motifs is 8. The highest BCUT2D eigenvalue weighted by Crippen LogP contribution is 2.48. The van der Waals surface area contributed by atoms with Gasteiger partial charge in [0.1, 0.15) is 5.58 Å². The number of aromatic nitrogens is 1. The number of furan rings is 1. The van der Waals surface area contributed by atoms with E-state index in [4.69, 9.17) is 9.40 Å². The summed E-state index contributed by atoms with van der Waals surface area (Å²) in [6, 6.07) is 48.7. The molecule has 0 saturated carbocycles. The first-order chi connectivity index (χ1) is 26.1. The molecule has 0 radical (unpaired) electrons. The van der Waals surface area contributed by atoms with Gasteiger partial charge in [-0.15, -0.1) is 0 Å². The fraction of sp³-hybridized carbons (Fsp3) is 0.163. The van der Waals surface area contributed by atoms with Gasteiger partial charge in [0.05, 0.1) is 35.1 Å². The molecule has 0 spiro atoms. The summed E-state index contributed by atoms with van der Waals surface area (Å²) in [6.45, 7) is 13.5. The molecule has 2 aromatic heterocycles. The second kappa shape index (κ2) is 11.7. The van der Waals surface area contributed by atoms with Crippen LogP contribution >= 0.6 is 0 Å². The van der Waals surface area contributed by atoms with Gasteiger partial charge in [0.15, 0.2) is 0 Å². The molecule has 2 aliphatic rings. The van der Waals surface area contributed by atoms with E-state index >= 15 is 0 Å². The number of pyridine rings is 1. The maximum absolute atomic E-state index is 7.15. The van der Waals surface area contributed by atoms with Gasteiger partial charge >= 0.3 is 0 Å². The lowest BCUT2D eigenvalue weighted by Gasteiger charge is -2.42. The summed E-state index contributed by atoms with van der Waals surface area (Å²) >= 11 is 0. The van der Waals surface area contributed by atoms with Crippen molar-refractivity contribution in [1.29, 1.82) is 0 Å². The fourth-order valence-corrected chi connectivity index (χ4v) is 8.62. The zero-order chi connectivity index (χ0) is 36.9. The predicted molar refractivity (Wildman–Crippen MR) is 228 cm³/mol.